The molecule has 0 amide bonds. The first-order chi connectivity index (χ1) is 8.13. The average molecular weight is 267 g/mol. The summed E-state index contributed by atoms with van der Waals surface area (Å²) in [5, 5.41) is 0.993. The fraction of sp³-hybridized carbons (Fsp3) is 0.167. The minimum Gasteiger partial charge on any atom is -0.611 e. The SMILES string of the molecule is CSC(=C(N)c1ccc2occc2c1)[S+](C)[O-]. The molecule has 0 aliphatic heterocycles. The van der Waals surface area contributed by atoms with Gasteiger partial charge in [-0.1, -0.05) is 11.8 Å². The second kappa shape index (κ2) is 5.08. The third-order valence-corrected chi connectivity index (χ3v) is 4.97. The zero-order valence-corrected chi connectivity index (χ0v) is 11.2. The van der Waals surface area contributed by atoms with E-state index in [0.29, 0.717) is 9.93 Å². The highest BCUT2D eigenvalue weighted by atomic mass is 32.3. The Bertz CT molecular complexity index is 560. The molecule has 0 radical (unpaired) electrons. The predicted molar refractivity (Wildman–Crippen MR) is 74.9 cm³/mol. The maximum Gasteiger partial charge on any atom is 0.209 e. The fourth-order valence-corrected chi connectivity index (χ4v) is 3.34. The zero-order valence-electron chi connectivity index (χ0n) is 9.60. The Morgan fingerprint density at radius 2 is 2.18 bits per heavy atom. The molecular weight excluding hydrogens is 254 g/mol. The van der Waals surface area contributed by atoms with E-state index in [1.54, 1.807) is 12.5 Å². The van der Waals surface area contributed by atoms with Crippen LogP contribution in [0.1, 0.15) is 5.56 Å². The lowest BCUT2D eigenvalue weighted by molar-refractivity contribution is 0.608. The number of rotatable bonds is 3. The van der Waals surface area contributed by atoms with Crippen LogP contribution in [-0.2, 0) is 11.2 Å². The zero-order chi connectivity index (χ0) is 12.4. The van der Waals surface area contributed by atoms with Crippen LogP contribution in [0.3, 0.4) is 0 Å². The molecule has 1 unspecified atom stereocenters. The number of nitrogens with two attached hydrogens (primary N) is 1. The Labute approximate surface area is 107 Å². The Kier molecular flexibility index (Phi) is 3.71. The molecule has 0 spiro atoms. The van der Waals surface area contributed by atoms with Crippen molar-refractivity contribution in [3.8, 4) is 0 Å². The fourth-order valence-electron chi connectivity index (χ4n) is 1.63. The summed E-state index contributed by atoms with van der Waals surface area (Å²) in [6.07, 6.45) is 5.15. The molecule has 0 aliphatic rings. The Hall–Kier alpha value is -1.04. The lowest BCUT2D eigenvalue weighted by Gasteiger charge is -2.10. The molecule has 17 heavy (non-hydrogen) atoms. The molecule has 90 valence electrons. The lowest BCUT2D eigenvalue weighted by Crippen LogP contribution is -2.07. The molecule has 1 atom stereocenters. The van der Waals surface area contributed by atoms with E-state index in [-0.39, 0.29) is 0 Å². The first-order valence-corrected chi connectivity index (χ1v) is 7.76. The van der Waals surface area contributed by atoms with Gasteiger partial charge in [0.05, 0.1) is 6.26 Å². The molecule has 2 N–H and O–H groups in total. The van der Waals surface area contributed by atoms with Gasteiger partial charge in [-0.25, -0.2) is 0 Å². The van der Waals surface area contributed by atoms with E-state index in [0.717, 1.165) is 16.5 Å². The highest BCUT2D eigenvalue weighted by Crippen LogP contribution is 2.28. The van der Waals surface area contributed by atoms with Crippen molar-refractivity contribution < 1.29 is 8.97 Å². The Morgan fingerprint density at radius 1 is 1.41 bits per heavy atom. The van der Waals surface area contributed by atoms with Crippen LogP contribution < -0.4 is 5.73 Å². The van der Waals surface area contributed by atoms with Crippen molar-refractivity contribution in [2.24, 2.45) is 5.73 Å². The number of thioether (sulfide) groups is 1. The second-order valence-electron chi connectivity index (χ2n) is 3.53. The minimum absolute atomic E-state index is 0.571. The Morgan fingerprint density at radius 3 is 2.82 bits per heavy atom. The summed E-state index contributed by atoms with van der Waals surface area (Å²) in [6, 6.07) is 7.57. The van der Waals surface area contributed by atoms with Gasteiger partial charge in [-0.2, -0.15) is 0 Å². The molecule has 0 fully saturated rings. The number of benzene rings is 1. The summed E-state index contributed by atoms with van der Waals surface area (Å²) in [7, 11) is 0. The topological polar surface area (TPSA) is 62.2 Å². The van der Waals surface area contributed by atoms with E-state index in [9.17, 15) is 4.55 Å². The summed E-state index contributed by atoms with van der Waals surface area (Å²) < 4.78 is 17.5. The van der Waals surface area contributed by atoms with E-state index >= 15 is 0 Å². The molecule has 0 saturated heterocycles. The highest BCUT2D eigenvalue weighted by molar-refractivity contribution is 8.18. The molecule has 0 bridgehead atoms. The van der Waals surface area contributed by atoms with Crippen LogP contribution in [0.25, 0.3) is 16.7 Å². The van der Waals surface area contributed by atoms with E-state index in [1.807, 2.05) is 30.5 Å². The maximum absolute atomic E-state index is 11.5. The normalized spacial score (nSPS) is 14.8. The number of hydrogen-bond acceptors (Lipinski definition) is 4. The van der Waals surface area contributed by atoms with Crippen LogP contribution in [0.15, 0.2) is 39.2 Å². The van der Waals surface area contributed by atoms with Crippen molar-refractivity contribution in [1.82, 2.24) is 0 Å². The van der Waals surface area contributed by atoms with E-state index in [1.165, 1.54) is 11.8 Å². The molecule has 2 aromatic rings. The van der Waals surface area contributed by atoms with Gasteiger partial charge in [-0.15, -0.1) is 0 Å². The maximum atomic E-state index is 11.5. The van der Waals surface area contributed by atoms with Crippen LogP contribution in [0.5, 0.6) is 0 Å². The van der Waals surface area contributed by atoms with Crippen LogP contribution in [-0.4, -0.2) is 17.1 Å². The van der Waals surface area contributed by atoms with Crippen LogP contribution in [0, 0.1) is 0 Å². The molecule has 1 aromatic heterocycles. The van der Waals surface area contributed by atoms with Crippen molar-refractivity contribution in [1.29, 1.82) is 0 Å². The Balaban J connectivity index is 2.51. The quantitative estimate of drug-likeness (QED) is 0.869. The molecule has 2 rings (SSSR count). The van der Waals surface area contributed by atoms with Gasteiger partial charge in [0.25, 0.3) is 0 Å². The van der Waals surface area contributed by atoms with Gasteiger partial charge in [0, 0.05) is 10.9 Å². The summed E-state index contributed by atoms with van der Waals surface area (Å²) >= 11 is 0.356. The largest absolute Gasteiger partial charge is 0.611 e. The van der Waals surface area contributed by atoms with Crippen LogP contribution in [0.2, 0.25) is 0 Å². The number of fused-ring (bicyclic) bond motifs is 1. The highest BCUT2D eigenvalue weighted by Gasteiger charge is 2.15. The molecule has 0 aliphatic carbocycles. The van der Waals surface area contributed by atoms with Gasteiger partial charge in [0.15, 0.2) is 0 Å². The first-order valence-electron chi connectivity index (χ1n) is 4.98. The molecule has 1 aromatic carbocycles. The summed E-state index contributed by atoms with van der Waals surface area (Å²) in [4.78, 5) is 0. The lowest BCUT2D eigenvalue weighted by atomic mass is 10.1. The standard InChI is InChI=1S/C12H13NO2S2/c1-16-12(17(2)14)11(13)9-3-4-10-8(7-9)5-6-15-10/h3-7H,13H2,1-2H3. The van der Waals surface area contributed by atoms with E-state index in [4.69, 9.17) is 10.2 Å². The molecule has 3 nitrogen and oxygen atoms in total. The van der Waals surface area contributed by atoms with Gasteiger partial charge >= 0.3 is 0 Å². The third kappa shape index (κ3) is 2.46. The van der Waals surface area contributed by atoms with Crippen molar-refractivity contribution in [2.45, 2.75) is 0 Å². The number of hydrogen-bond donors (Lipinski definition) is 1. The molecular formula is C12H13NO2S2. The van der Waals surface area contributed by atoms with Crippen LogP contribution in [0.4, 0.5) is 0 Å². The van der Waals surface area contributed by atoms with Gasteiger partial charge < -0.3 is 14.7 Å². The van der Waals surface area contributed by atoms with Gasteiger partial charge in [-0.05, 0) is 41.7 Å². The van der Waals surface area contributed by atoms with Gasteiger partial charge in [0.2, 0.25) is 4.24 Å². The average Bonchev–Trinajstić information content (AvgIpc) is 2.75. The smallest absolute Gasteiger partial charge is 0.209 e. The van der Waals surface area contributed by atoms with Crippen molar-refractivity contribution >= 4 is 39.6 Å². The van der Waals surface area contributed by atoms with Crippen molar-refractivity contribution in [2.75, 3.05) is 12.5 Å². The van der Waals surface area contributed by atoms with Crippen molar-refractivity contribution in [3.63, 3.8) is 0 Å². The summed E-state index contributed by atoms with van der Waals surface area (Å²) in [5.41, 5.74) is 8.31. The van der Waals surface area contributed by atoms with Gasteiger partial charge in [-0.3, -0.25) is 0 Å². The third-order valence-electron chi connectivity index (χ3n) is 2.43. The molecule has 1 heterocycles. The van der Waals surface area contributed by atoms with E-state index < -0.39 is 11.2 Å². The van der Waals surface area contributed by atoms with E-state index in [2.05, 4.69) is 0 Å². The van der Waals surface area contributed by atoms with Crippen molar-refractivity contribution in [3.05, 3.63) is 40.3 Å². The molecule has 0 saturated carbocycles. The molecule has 5 heteroatoms. The monoisotopic (exact) mass is 267 g/mol. The second-order valence-corrected chi connectivity index (χ2v) is 5.92. The predicted octanol–water partition coefficient (Wildman–Crippen LogP) is 2.76. The first kappa shape index (κ1) is 12.4. The van der Waals surface area contributed by atoms with Gasteiger partial charge in [0.1, 0.15) is 17.5 Å². The number of furan rings is 1. The minimum atomic E-state index is -1.06. The summed E-state index contributed by atoms with van der Waals surface area (Å²) in [6.45, 7) is 0. The summed E-state index contributed by atoms with van der Waals surface area (Å²) in [5.74, 6) is 0. The van der Waals surface area contributed by atoms with Crippen LogP contribution >= 0.6 is 11.8 Å².